The molecule has 10 nitrogen and oxygen atoms in total. The van der Waals surface area contributed by atoms with Gasteiger partial charge in [-0.15, -0.1) is 0 Å². The number of carbonyl (C=O) groups is 1. The Morgan fingerprint density at radius 3 is 2.29 bits per heavy atom. The normalized spacial score (nSPS) is 11.1. The number of hydrogen-bond donors (Lipinski definition) is 4. The van der Waals surface area contributed by atoms with Crippen molar-refractivity contribution in [1.82, 2.24) is 24.8 Å². The van der Waals surface area contributed by atoms with Crippen LogP contribution in [0.25, 0.3) is 28.0 Å². The molecule has 12 heteroatoms. The van der Waals surface area contributed by atoms with Crippen LogP contribution in [0.4, 0.5) is 14.7 Å². The standard InChI is InChI=1S/C31H36F2N6O4.C2H6/c1-4-38(5-2)15-7-14-34-31-36-27(23-16-20(11-10-19(23)3)30(43)35-21(17-40)18-41)22-12-13-26(42)39(29(22)37-31)28-24(32)8-6-9-25(28)33;1-2/h6,8-13,16,21,40-41H,4-5,7,14-15,17-18H2,1-3H3,(H,35,43)(H,34,36,37);1-2H3. The Hall–Kier alpha value is -4.26. The third kappa shape index (κ3) is 8.27. The van der Waals surface area contributed by atoms with Crippen molar-refractivity contribution in [2.75, 3.05) is 44.7 Å². The van der Waals surface area contributed by atoms with Gasteiger partial charge in [0.1, 0.15) is 17.3 Å². The Morgan fingerprint density at radius 2 is 1.67 bits per heavy atom. The molecule has 0 radical (unpaired) electrons. The van der Waals surface area contributed by atoms with Gasteiger partial charge < -0.3 is 25.7 Å². The molecule has 242 valence electrons. The minimum atomic E-state index is -0.930. The van der Waals surface area contributed by atoms with Crippen LogP contribution in [-0.2, 0) is 0 Å². The number of aromatic nitrogens is 3. The van der Waals surface area contributed by atoms with Gasteiger partial charge in [0.2, 0.25) is 5.95 Å². The SMILES string of the molecule is CC.CCN(CC)CCCNc1nc(-c2cc(C(=O)NC(CO)CO)ccc2C)c2ccc(=O)n(-c3c(F)cccc3F)c2n1. The van der Waals surface area contributed by atoms with Crippen LogP contribution >= 0.6 is 0 Å². The number of halogens is 2. The first-order valence-electron chi connectivity index (χ1n) is 15.2. The summed E-state index contributed by atoms with van der Waals surface area (Å²) in [5.74, 6) is -2.23. The lowest BCUT2D eigenvalue weighted by Crippen LogP contribution is -2.40. The summed E-state index contributed by atoms with van der Waals surface area (Å²) in [5.41, 5.74) is 0.588. The van der Waals surface area contributed by atoms with Crippen molar-refractivity contribution < 1.29 is 23.8 Å². The first-order chi connectivity index (χ1) is 21.7. The number of aliphatic hydroxyl groups is 2. The van der Waals surface area contributed by atoms with E-state index in [1.165, 1.54) is 18.2 Å². The van der Waals surface area contributed by atoms with Crippen molar-refractivity contribution in [3.8, 4) is 16.9 Å². The van der Waals surface area contributed by atoms with Crippen molar-refractivity contribution in [2.45, 2.75) is 47.1 Å². The lowest BCUT2D eigenvalue weighted by atomic mass is 9.99. The van der Waals surface area contributed by atoms with Crippen molar-refractivity contribution >= 4 is 22.9 Å². The molecule has 0 aliphatic carbocycles. The fourth-order valence-corrected chi connectivity index (χ4v) is 4.80. The molecule has 0 aliphatic heterocycles. The Morgan fingerprint density at radius 1 is 1.00 bits per heavy atom. The second-order valence-corrected chi connectivity index (χ2v) is 10.1. The summed E-state index contributed by atoms with van der Waals surface area (Å²) < 4.78 is 30.9. The smallest absolute Gasteiger partial charge is 0.256 e. The molecule has 0 bridgehead atoms. The van der Waals surface area contributed by atoms with Crippen molar-refractivity contribution in [3.05, 3.63) is 81.6 Å². The fourth-order valence-electron chi connectivity index (χ4n) is 4.80. The van der Waals surface area contributed by atoms with Crippen molar-refractivity contribution in [3.63, 3.8) is 0 Å². The number of nitrogens with one attached hydrogen (secondary N) is 2. The van der Waals surface area contributed by atoms with Crippen LogP contribution < -0.4 is 16.2 Å². The molecule has 2 heterocycles. The number of benzene rings is 2. The Labute approximate surface area is 261 Å². The first-order valence-corrected chi connectivity index (χ1v) is 15.2. The van der Waals surface area contributed by atoms with Gasteiger partial charge in [0.05, 0.1) is 24.9 Å². The lowest BCUT2D eigenvalue weighted by molar-refractivity contribution is 0.0879. The molecule has 0 fully saturated rings. The van der Waals surface area contributed by atoms with Crippen LogP contribution in [0, 0.1) is 18.6 Å². The van der Waals surface area contributed by atoms with E-state index in [2.05, 4.69) is 34.4 Å². The van der Waals surface area contributed by atoms with E-state index in [1.807, 2.05) is 20.8 Å². The van der Waals surface area contributed by atoms with Crippen LogP contribution in [0.15, 0.2) is 53.3 Å². The van der Waals surface area contributed by atoms with E-state index in [9.17, 15) is 28.6 Å². The predicted octanol–water partition coefficient (Wildman–Crippen LogP) is 4.29. The zero-order valence-corrected chi connectivity index (χ0v) is 26.4. The van der Waals surface area contributed by atoms with Crippen molar-refractivity contribution in [2.24, 2.45) is 0 Å². The van der Waals surface area contributed by atoms with Gasteiger partial charge in [0.15, 0.2) is 5.65 Å². The maximum absolute atomic E-state index is 15.0. The molecular weight excluding hydrogens is 582 g/mol. The molecule has 0 spiro atoms. The van der Waals surface area contributed by atoms with Gasteiger partial charge >= 0.3 is 0 Å². The van der Waals surface area contributed by atoms with E-state index in [-0.39, 0.29) is 17.2 Å². The summed E-state index contributed by atoms with van der Waals surface area (Å²) in [6.07, 6.45) is 0.771. The zero-order chi connectivity index (χ0) is 33.1. The highest BCUT2D eigenvalue weighted by Gasteiger charge is 2.21. The molecule has 0 atom stereocenters. The van der Waals surface area contributed by atoms with Gasteiger partial charge in [0, 0.05) is 29.1 Å². The molecule has 4 aromatic rings. The number of pyridine rings is 1. The van der Waals surface area contributed by atoms with E-state index in [0.717, 1.165) is 48.3 Å². The summed E-state index contributed by atoms with van der Waals surface area (Å²) in [4.78, 5) is 37.6. The summed E-state index contributed by atoms with van der Waals surface area (Å²) in [7, 11) is 0. The summed E-state index contributed by atoms with van der Waals surface area (Å²) >= 11 is 0. The number of nitrogens with zero attached hydrogens (tertiary/aromatic N) is 4. The molecule has 0 aliphatic rings. The molecule has 45 heavy (non-hydrogen) atoms. The van der Waals surface area contributed by atoms with E-state index < -0.39 is 48.0 Å². The second-order valence-electron chi connectivity index (χ2n) is 10.1. The Kier molecular flexibility index (Phi) is 13.1. The minimum Gasteiger partial charge on any atom is -0.394 e. The zero-order valence-electron chi connectivity index (χ0n) is 26.4. The molecule has 1 amide bonds. The van der Waals surface area contributed by atoms with Gasteiger partial charge in [-0.2, -0.15) is 4.98 Å². The molecule has 0 saturated heterocycles. The summed E-state index contributed by atoms with van der Waals surface area (Å²) in [6.45, 7) is 12.3. The van der Waals surface area contributed by atoms with Crippen molar-refractivity contribution in [1.29, 1.82) is 0 Å². The fraction of sp³-hybridized carbons (Fsp3) is 0.394. The number of aryl methyl sites for hydroxylation is 1. The number of hydrogen-bond acceptors (Lipinski definition) is 8. The van der Waals surface area contributed by atoms with E-state index in [1.54, 1.807) is 18.2 Å². The average Bonchev–Trinajstić information content (AvgIpc) is 3.05. The molecule has 2 aromatic heterocycles. The van der Waals surface area contributed by atoms with E-state index >= 15 is 0 Å². The minimum absolute atomic E-state index is 0.0115. The maximum atomic E-state index is 15.0. The highest BCUT2D eigenvalue weighted by molar-refractivity contribution is 5.98. The van der Waals surface area contributed by atoms with Crippen LogP contribution in [0.2, 0.25) is 0 Å². The number of fused-ring (bicyclic) bond motifs is 1. The highest BCUT2D eigenvalue weighted by atomic mass is 19.1. The molecule has 4 N–H and O–H groups in total. The molecular formula is C33H42F2N6O4. The van der Waals surface area contributed by atoms with Gasteiger partial charge in [0.25, 0.3) is 11.5 Å². The Balaban J connectivity index is 0.00000271. The van der Waals surface area contributed by atoms with Crippen LogP contribution in [0.3, 0.4) is 0 Å². The topological polar surface area (TPSA) is 133 Å². The van der Waals surface area contributed by atoms with Crippen LogP contribution in [-0.4, -0.2) is 81.0 Å². The number of para-hydroxylation sites is 1. The number of rotatable bonds is 13. The molecule has 0 saturated carbocycles. The first kappa shape index (κ1) is 35.2. The quantitative estimate of drug-likeness (QED) is 0.162. The van der Waals surface area contributed by atoms with Gasteiger partial charge in [-0.3, -0.25) is 14.2 Å². The van der Waals surface area contributed by atoms with Gasteiger partial charge in [-0.05, 0) is 68.9 Å². The highest BCUT2D eigenvalue weighted by Crippen LogP contribution is 2.31. The lowest BCUT2D eigenvalue weighted by Gasteiger charge is -2.19. The monoisotopic (exact) mass is 624 g/mol. The number of aliphatic hydroxyl groups excluding tert-OH is 2. The summed E-state index contributed by atoms with van der Waals surface area (Å²) in [6, 6.07) is 10.1. The van der Waals surface area contributed by atoms with Gasteiger partial charge in [-0.25, -0.2) is 13.8 Å². The van der Waals surface area contributed by atoms with Gasteiger partial charge in [-0.1, -0.05) is 39.8 Å². The Bertz CT molecular complexity index is 1630. The second kappa shape index (κ2) is 16.7. The maximum Gasteiger partial charge on any atom is 0.256 e. The number of amides is 1. The molecule has 4 rings (SSSR count). The predicted molar refractivity (Wildman–Crippen MR) is 173 cm³/mol. The average molecular weight is 625 g/mol. The molecule has 0 unspecified atom stereocenters. The number of anilines is 1. The van der Waals surface area contributed by atoms with E-state index in [0.29, 0.717) is 23.2 Å². The number of carbonyl (C=O) groups excluding carboxylic acids is 1. The largest absolute Gasteiger partial charge is 0.394 e. The third-order valence-corrected chi connectivity index (χ3v) is 7.27. The molecule has 2 aromatic carbocycles. The van der Waals surface area contributed by atoms with Crippen LogP contribution in [0.5, 0.6) is 0 Å². The summed E-state index contributed by atoms with van der Waals surface area (Å²) in [5, 5.41) is 24.9. The van der Waals surface area contributed by atoms with Crippen LogP contribution in [0.1, 0.15) is 50.0 Å². The van der Waals surface area contributed by atoms with E-state index in [4.69, 9.17) is 4.98 Å². The third-order valence-electron chi connectivity index (χ3n) is 7.27.